The van der Waals surface area contributed by atoms with Gasteiger partial charge in [-0.15, -0.1) is 11.6 Å². The zero-order valence-corrected chi connectivity index (χ0v) is 9.57. The van der Waals surface area contributed by atoms with Gasteiger partial charge in [-0.05, 0) is 25.7 Å². The van der Waals surface area contributed by atoms with E-state index < -0.39 is 0 Å². The molecule has 1 aromatic heterocycles. The molecule has 1 aliphatic carbocycles. The Balaban J connectivity index is 1.74. The number of nitrogens with zero attached hydrogens (tertiary/aromatic N) is 1. The molecule has 1 fully saturated rings. The molecule has 1 heterocycles. The summed E-state index contributed by atoms with van der Waals surface area (Å²) in [6, 6.07) is 5.92. The van der Waals surface area contributed by atoms with E-state index in [1.54, 1.807) is 4.73 Å². The highest BCUT2D eigenvalue weighted by Crippen LogP contribution is 2.26. The minimum absolute atomic E-state index is 0.394. The van der Waals surface area contributed by atoms with Crippen LogP contribution in [-0.4, -0.2) is 12.0 Å². The molecule has 0 aromatic carbocycles. The van der Waals surface area contributed by atoms with Gasteiger partial charge in [0.25, 0.3) is 0 Å². The third kappa shape index (κ3) is 3.38. The molecule has 0 unspecified atom stereocenters. The molecule has 1 aromatic rings. The maximum absolute atomic E-state index is 6.05. The Morgan fingerprint density at radius 3 is 2.40 bits per heavy atom. The van der Waals surface area contributed by atoms with Crippen LogP contribution in [0.4, 0.5) is 0 Å². The average Bonchev–Trinajstić information content (AvgIpc) is 2.30. The van der Waals surface area contributed by atoms with Crippen molar-refractivity contribution in [2.45, 2.75) is 31.1 Å². The van der Waals surface area contributed by atoms with Crippen molar-refractivity contribution in [3.8, 4) is 0 Å². The fraction of sp³-hybridized carbons (Fsp3) is 0.583. The first-order valence-corrected chi connectivity index (χ1v) is 6.02. The molecule has 2 nitrogen and oxygen atoms in total. The van der Waals surface area contributed by atoms with Crippen molar-refractivity contribution in [2.75, 3.05) is 6.61 Å². The minimum atomic E-state index is 0.394. The molecule has 1 aliphatic rings. The summed E-state index contributed by atoms with van der Waals surface area (Å²) < 4.78 is 1.77. The SMILES string of the molecule is ClC1CCC(CO[n+]2ccccc2)CC1. The van der Waals surface area contributed by atoms with Crippen LogP contribution >= 0.6 is 11.6 Å². The van der Waals surface area contributed by atoms with Crippen molar-refractivity contribution in [2.24, 2.45) is 5.92 Å². The van der Waals surface area contributed by atoms with Gasteiger partial charge in [0.15, 0.2) is 6.61 Å². The molecule has 0 bridgehead atoms. The van der Waals surface area contributed by atoms with Gasteiger partial charge in [-0.2, -0.15) is 0 Å². The third-order valence-electron chi connectivity index (χ3n) is 2.92. The Morgan fingerprint density at radius 2 is 1.73 bits per heavy atom. The number of pyridine rings is 1. The monoisotopic (exact) mass is 226 g/mol. The lowest BCUT2D eigenvalue weighted by Crippen LogP contribution is -2.44. The summed E-state index contributed by atoms with van der Waals surface area (Å²) in [5, 5.41) is 0.394. The van der Waals surface area contributed by atoms with Crippen molar-refractivity contribution >= 4 is 11.6 Å². The Hall–Kier alpha value is -0.760. The molecule has 1 saturated carbocycles. The van der Waals surface area contributed by atoms with E-state index in [9.17, 15) is 0 Å². The van der Waals surface area contributed by atoms with E-state index in [2.05, 4.69) is 0 Å². The Labute approximate surface area is 95.8 Å². The first kappa shape index (κ1) is 10.7. The maximum Gasteiger partial charge on any atom is 0.222 e. The van der Waals surface area contributed by atoms with Crippen molar-refractivity contribution in [3.05, 3.63) is 30.6 Å². The van der Waals surface area contributed by atoms with Gasteiger partial charge in [0.05, 0.1) is 0 Å². The van der Waals surface area contributed by atoms with Gasteiger partial charge >= 0.3 is 0 Å². The van der Waals surface area contributed by atoms with Crippen molar-refractivity contribution < 1.29 is 9.57 Å². The molecule has 0 aliphatic heterocycles. The van der Waals surface area contributed by atoms with E-state index >= 15 is 0 Å². The summed E-state index contributed by atoms with van der Waals surface area (Å²) in [5.74, 6) is 0.674. The van der Waals surface area contributed by atoms with Crippen LogP contribution in [0.15, 0.2) is 30.6 Å². The summed E-state index contributed by atoms with van der Waals surface area (Å²) >= 11 is 6.05. The predicted octanol–water partition coefficient (Wildman–Crippen LogP) is 2.20. The van der Waals surface area contributed by atoms with Crippen LogP contribution in [0.5, 0.6) is 0 Å². The van der Waals surface area contributed by atoms with Crippen LogP contribution in [0.2, 0.25) is 0 Å². The highest BCUT2D eigenvalue weighted by Gasteiger charge is 2.21. The lowest BCUT2D eigenvalue weighted by Gasteiger charge is -2.22. The number of hydrogen-bond donors (Lipinski definition) is 0. The lowest BCUT2D eigenvalue weighted by molar-refractivity contribution is -0.892. The van der Waals surface area contributed by atoms with E-state index in [-0.39, 0.29) is 0 Å². The van der Waals surface area contributed by atoms with Crippen LogP contribution in [0, 0.1) is 5.92 Å². The first-order valence-electron chi connectivity index (χ1n) is 5.58. The van der Waals surface area contributed by atoms with Gasteiger partial charge in [-0.25, -0.2) is 0 Å². The van der Waals surface area contributed by atoms with Gasteiger partial charge in [-0.3, -0.25) is 4.84 Å². The van der Waals surface area contributed by atoms with E-state index in [1.165, 1.54) is 12.8 Å². The predicted molar refractivity (Wildman–Crippen MR) is 59.7 cm³/mol. The molecule has 15 heavy (non-hydrogen) atoms. The van der Waals surface area contributed by atoms with Crippen LogP contribution < -0.4 is 9.57 Å². The molecule has 0 radical (unpaired) electrons. The fourth-order valence-electron chi connectivity index (χ4n) is 1.95. The second-order valence-electron chi connectivity index (χ2n) is 4.15. The molecule has 3 heteroatoms. The molecular formula is C12H17ClNO+. The van der Waals surface area contributed by atoms with Crippen LogP contribution in [0.3, 0.4) is 0 Å². The average molecular weight is 227 g/mol. The Bertz CT molecular complexity index is 283. The molecule has 0 N–H and O–H groups in total. The Kier molecular flexibility index (Phi) is 3.84. The second-order valence-corrected chi connectivity index (χ2v) is 4.77. The summed E-state index contributed by atoms with van der Waals surface area (Å²) in [6.07, 6.45) is 8.51. The number of halogens is 1. The van der Waals surface area contributed by atoms with E-state index in [4.69, 9.17) is 16.4 Å². The van der Waals surface area contributed by atoms with Crippen molar-refractivity contribution in [1.29, 1.82) is 0 Å². The molecule has 82 valence electrons. The molecule has 0 spiro atoms. The highest BCUT2D eigenvalue weighted by molar-refractivity contribution is 6.20. The smallest absolute Gasteiger partial charge is 0.222 e. The largest absolute Gasteiger partial charge is 0.271 e. The van der Waals surface area contributed by atoms with Crippen LogP contribution in [0.1, 0.15) is 25.7 Å². The standard InChI is InChI=1S/C12H17ClNO/c13-12-6-4-11(5-7-12)10-15-14-8-2-1-3-9-14/h1-3,8-9,11-12H,4-7,10H2/q+1. The second kappa shape index (κ2) is 5.36. The van der Waals surface area contributed by atoms with Gasteiger partial charge in [0.2, 0.25) is 12.4 Å². The van der Waals surface area contributed by atoms with E-state index in [0.29, 0.717) is 11.3 Å². The minimum Gasteiger partial charge on any atom is -0.271 e. The normalized spacial score (nSPS) is 26.2. The quantitative estimate of drug-likeness (QED) is 0.569. The van der Waals surface area contributed by atoms with Crippen LogP contribution in [0.25, 0.3) is 0 Å². The summed E-state index contributed by atoms with van der Waals surface area (Å²) in [7, 11) is 0. The number of aromatic nitrogens is 1. The maximum atomic E-state index is 6.05. The number of rotatable bonds is 3. The Morgan fingerprint density at radius 1 is 1.07 bits per heavy atom. The topological polar surface area (TPSA) is 13.1 Å². The van der Waals surface area contributed by atoms with Crippen molar-refractivity contribution in [3.63, 3.8) is 0 Å². The summed E-state index contributed by atoms with van der Waals surface area (Å²) in [5.41, 5.74) is 0. The van der Waals surface area contributed by atoms with Gasteiger partial charge < -0.3 is 0 Å². The molecule has 0 atom stereocenters. The molecular weight excluding hydrogens is 210 g/mol. The first-order chi connectivity index (χ1) is 7.34. The zero-order chi connectivity index (χ0) is 10.5. The van der Waals surface area contributed by atoms with Gasteiger partial charge in [0, 0.05) is 28.2 Å². The number of alkyl halides is 1. The van der Waals surface area contributed by atoms with E-state index in [0.717, 1.165) is 19.4 Å². The summed E-state index contributed by atoms with van der Waals surface area (Å²) in [6.45, 7) is 0.804. The van der Waals surface area contributed by atoms with Gasteiger partial charge in [0.1, 0.15) is 0 Å². The van der Waals surface area contributed by atoms with Gasteiger partial charge in [-0.1, -0.05) is 6.07 Å². The zero-order valence-electron chi connectivity index (χ0n) is 8.81. The van der Waals surface area contributed by atoms with Crippen LogP contribution in [-0.2, 0) is 0 Å². The fourth-order valence-corrected chi connectivity index (χ4v) is 2.20. The van der Waals surface area contributed by atoms with Crippen molar-refractivity contribution in [1.82, 2.24) is 0 Å². The molecule has 0 amide bonds. The number of hydrogen-bond acceptors (Lipinski definition) is 1. The third-order valence-corrected chi connectivity index (χ3v) is 3.36. The molecule has 0 saturated heterocycles. The molecule has 2 rings (SSSR count). The summed E-state index contributed by atoms with van der Waals surface area (Å²) in [4.78, 5) is 5.65. The highest BCUT2D eigenvalue weighted by atomic mass is 35.5. The lowest BCUT2D eigenvalue weighted by atomic mass is 9.90. The van der Waals surface area contributed by atoms with E-state index in [1.807, 2.05) is 30.6 Å².